The molecule has 0 saturated heterocycles. The lowest BCUT2D eigenvalue weighted by molar-refractivity contribution is 0.805. The highest BCUT2D eigenvalue weighted by molar-refractivity contribution is 6.30. The Bertz CT molecular complexity index is 371. The lowest BCUT2D eigenvalue weighted by Gasteiger charge is -2.15. The van der Waals surface area contributed by atoms with Crippen molar-refractivity contribution in [2.45, 2.75) is 18.8 Å². The molecular weight excluding hydrogens is 196 g/mol. The first kappa shape index (κ1) is 9.53. The van der Waals surface area contributed by atoms with Gasteiger partial charge in [-0.25, -0.2) is 0 Å². The predicted molar refractivity (Wildman–Crippen MR) is 58.8 cm³/mol. The van der Waals surface area contributed by atoms with Crippen molar-refractivity contribution in [3.05, 3.63) is 34.9 Å². The Labute approximate surface area is 88.6 Å². The normalized spacial score (nSPS) is 30.0. The zero-order chi connectivity index (χ0) is 10.3. The number of benzene rings is 1. The van der Waals surface area contributed by atoms with Gasteiger partial charge in [-0.1, -0.05) is 30.7 Å². The summed E-state index contributed by atoms with van der Waals surface area (Å²) in [5.74, 6) is 0.744. The maximum absolute atomic E-state index is 7.63. The van der Waals surface area contributed by atoms with Gasteiger partial charge in [-0.15, -0.1) is 0 Å². The monoisotopic (exact) mass is 208 g/mol. The second-order valence-corrected chi connectivity index (χ2v) is 4.43. The van der Waals surface area contributed by atoms with Crippen molar-refractivity contribution >= 4 is 17.4 Å². The lowest BCUT2D eigenvalue weighted by atomic mass is 9.92. The Kier molecular flexibility index (Phi) is 2.04. The van der Waals surface area contributed by atoms with E-state index in [1.54, 1.807) is 0 Å². The number of nitrogens with one attached hydrogen (secondary N) is 1. The molecule has 0 spiro atoms. The molecule has 74 valence electrons. The molecule has 14 heavy (non-hydrogen) atoms. The predicted octanol–water partition coefficient (Wildman–Crippen LogP) is 2.55. The Morgan fingerprint density at radius 2 is 2.00 bits per heavy atom. The van der Waals surface area contributed by atoms with Gasteiger partial charge in [0.2, 0.25) is 0 Å². The molecule has 0 aromatic heterocycles. The standard InChI is InChI=1S/C11H13ClN2/c1-7-6-11(7,10(13)14)8-2-4-9(12)5-3-8/h2-5,7H,6H2,1H3,(H3,13,14). The molecule has 1 aromatic carbocycles. The van der Waals surface area contributed by atoms with Crippen LogP contribution in [0.3, 0.4) is 0 Å². The molecule has 0 radical (unpaired) electrons. The van der Waals surface area contributed by atoms with Crippen LogP contribution in [0.4, 0.5) is 0 Å². The van der Waals surface area contributed by atoms with E-state index in [0.29, 0.717) is 5.92 Å². The maximum atomic E-state index is 7.63. The highest BCUT2D eigenvalue weighted by Crippen LogP contribution is 2.53. The van der Waals surface area contributed by atoms with Gasteiger partial charge in [0.15, 0.2) is 0 Å². The van der Waals surface area contributed by atoms with Gasteiger partial charge in [-0.2, -0.15) is 0 Å². The molecular formula is C11H13ClN2. The molecule has 1 fully saturated rings. The fourth-order valence-electron chi connectivity index (χ4n) is 2.10. The van der Waals surface area contributed by atoms with Gasteiger partial charge in [0.1, 0.15) is 5.84 Å². The molecule has 1 saturated carbocycles. The van der Waals surface area contributed by atoms with Gasteiger partial charge < -0.3 is 5.73 Å². The average Bonchev–Trinajstić information content (AvgIpc) is 2.80. The van der Waals surface area contributed by atoms with E-state index < -0.39 is 0 Å². The van der Waals surface area contributed by atoms with E-state index in [9.17, 15) is 0 Å². The zero-order valence-electron chi connectivity index (χ0n) is 8.05. The Balaban J connectivity index is 2.39. The topological polar surface area (TPSA) is 49.9 Å². The third-order valence-corrected chi connectivity index (χ3v) is 3.40. The first-order chi connectivity index (χ1) is 6.57. The minimum Gasteiger partial charge on any atom is -0.387 e. The average molecular weight is 209 g/mol. The van der Waals surface area contributed by atoms with Crippen LogP contribution in [0.15, 0.2) is 24.3 Å². The molecule has 0 heterocycles. The highest BCUT2D eigenvalue weighted by Gasteiger charge is 2.55. The number of halogens is 1. The third-order valence-electron chi connectivity index (χ3n) is 3.15. The molecule has 2 rings (SSSR count). The molecule has 2 atom stereocenters. The molecule has 2 nitrogen and oxygen atoms in total. The van der Waals surface area contributed by atoms with Crippen LogP contribution in [0, 0.1) is 11.3 Å². The first-order valence-corrected chi connectivity index (χ1v) is 5.05. The molecule has 3 N–H and O–H groups in total. The van der Waals surface area contributed by atoms with E-state index in [4.69, 9.17) is 22.7 Å². The van der Waals surface area contributed by atoms with E-state index in [-0.39, 0.29) is 11.3 Å². The number of nitrogens with two attached hydrogens (primary N) is 1. The van der Waals surface area contributed by atoms with E-state index in [1.165, 1.54) is 0 Å². The highest BCUT2D eigenvalue weighted by atomic mass is 35.5. The van der Waals surface area contributed by atoms with Crippen LogP contribution >= 0.6 is 11.6 Å². The van der Waals surface area contributed by atoms with Crippen molar-refractivity contribution < 1.29 is 0 Å². The summed E-state index contributed by atoms with van der Waals surface area (Å²) < 4.78 is 0. The van der Waals surface area contributed by atoms with Gasteiger partial charge in [0.05, 0.1) is 5.41 Å². The molecule has 1 aliphatic carbocycles. The van der Waals surface area contributed by atoms with Crippen LogP contribution in [-0.4, -0.2) is 5.84 Å². The SMILES string of the molecule is CC1CC1(C(=N)N)c1ccc(Cl)cc1. The van der Waals surface area contributed by atoms with Crippen LogP contribution < -0.4 is 5.73 Å². The minimum atomic E-state index is -0.204. The van der Waals surface area contributed by atoms with Crippen molar-refractivity contribution in [3.63, 3.8) is 0 Å². The third kappa shape index (κ3) is 1.22. The Hall–Kier alpha value is -1.02. The molecule has 2 unspecified atom stereocenters. The summed E-state index contributed by atoms with van der Waals surface area (Å²) in [6.07, 6.45) is 0.976. The van der Waals surface area contributed by atoms with E-state index in [1.807, 2.05) is 24.3 Å². The van der Waals surface area contributed by atoms with Crippen molar-refractivity contribution in [2.24, 2.45) is 11.7 Å². The second kappa shape index (κ2) is 2.99. The zero-order valence-corrected chi connectivity index (χ0v) is 8.81. The van der Waals surface area contributed by atoms with Gasteiger partial charge >= 0.3 is 0 Å². The van der Waals surface area contributed by atoms with E-state index in [0.717, 1.165) is 17.0 Å². The fourth-order valence-corrected chi connectivity index (χ4v) is 2.23. The van der Waals surface area contributed by atoms with Crippen LogP contribution in [0.5, 0.6) is 0 Å². The first-order valence-electron chi connectivity index (χ1n) is 4.68. The summed E-state index contributed by atoms with van der Waals surface area (Å²) in [6, 6.07) is 7.64. The maximum Gasteiger partial charge on any atom is 0.102 e. The van der Waals surface area contributed by atoms with Gasteiger partial charge in [-0.05, 0) is 30.0 Å². The molecule has 1 aliphatic rings. The van der Waals surface area contributed by atoms with Gasteiger partial charge in [-0.3, -0.25) is 5.41 Å². The van der Waals surface area contributed by atoms with Crippen molar-refractivity contribution in [2.75, 3.05) is 0 Å². The summed E-state index contributed by atoms with van der Waals surface area (Å²) >= 11 is 5.81. The number of hydrogen-bond acceptors (Lipinski definition) is 1. The van der Waals surface area contributed by atoms with E-state index >= 15 is 0 Å². The lowest BCUT2D eigenvalue weighted by Crippen LogP contribution is -2.29. The quantitative estimate of drug-likeness (QED) is 0.570. The summed E-state index contributed by atoms with van der Waals surface area (Å²) in [7, 11) is 0. The summed E-state index contributed by atoms with van der Waals surface area (Å²) in [4.78, 5) is 0. The smallest absolute Gasteiger partial charge is 0.102 e. The summed E-state index contributed by atoms with van der Waals surface area (Å²) in [6.45, 7) is 2.12. The second-order valence-electron chi connectivity index (χ2n) is 4.00. The van der Waals surface area contributed by atoms with E-state index in [2.05, 4.69) is 6.92 Å². The van der Waals surface area contributed by atoms with Gasteiger partial charge in [0.25, 0.3) is 0 Å². The van der Waals surface area contributed by atoms with Crippen LogP contribution in [0.2, 0.25) is 5.02 Å². The van der Waals surface area contributed by atoms with Crippen molar-refractivity contribution in [1.82, 2.24) is 0 Å². The summed E-state index contributed by atoms with van der Waals surface area (Å²) in [5.41, 5.74) is 6.55. The van der Waals surface area contributed by atoms with Crippen LogP contribution in [0.25, 0.3) is 0 Å². The summed E-state index contributed by atoms with van der Waals surface area (Å²) in [5, 5.41) is 8.35. The molecule has 3 heteroatoms. The molecule has 0 bridgehead atoms. The van der Waals surface area contributed by atoms with Gasteiger partial charge in [0, 0.05) is 5.02 Å². The Morgan fingerprint density at radius 1 is 1.50 bits per heavy atom. The largest absolute Gasteiger partial charge is 0.387 e. The van der Waals surface area contributed by atoms with Crippen LogP contribution in [0.1, 0.15) is 18.9 Å². The van der Waals surface area contributed by atoms with Crippen molar-refractivity contribution in [1.29, 1.82) is 5.41 Å². The number of rotatable bonds is 2. The number of amidine groups is 1. The molecule has 1 aromatic rings. The number of hydrogen-bond donors (Lipinski definition) is 2. The van der Waals surface area contributed by atoms with Crippen molar-refractivity contribution in [3.8, 4) is 0 Å². The minimum absolute atomic E-state index is 0.204. The fraction of sp³-hybridized carbons (Fsp3) is 0.364. The van der Waals surface area contributed by atoms with Crippen LogP contribution in [-0.2, 0) is 5.41 Å². The Morgan fingerprint density at radius 3 is 2.36 bits per heavy atom. The molecule has 0 amide bonds. The molecule has 0 aliphatic heterocycles.